The molecule has 1 saturated heterocycles. The second kappa shape index (κ2) is 9.70. The number of fused-ring (bicyclic) bond motifs is 2. The fraction of sp³-hybridized carbons (Fsp3) is 0.375. The largest absolute Gasteiger partial charge is 0.507 e. The van der Waals surface area contributed by atoms with E-state index in [0.717, 1.165) is 32.2 Å². The summed E-state index contributed by atoms with van der Waals surface area (Å²) in [5, 5.41) is 64.1. The zero-order valence-corrected chi connectivity index (χ0v) is 19.5. The fourth-order valence-electron chi connectivity index (χ4n) is 4.35. The Balaban J connectivity index is 1.86. The number of carbonyl (C=O) groups excluding carboxylic acids is 3. The highest BCUT2D eigenvalue weighted by atomic mass is 16.8. The summed E-state index contributed by atoms with van der Waals surface area (Å²) in [5.41, 5.74) is -2.03. The second-order valence-corrected chi connectivity index (χ2v) is 8.52. The summed E-state index contributed by atoms with van der Waals surface area (Å²) in [4.78, 5) is 36.6. The van der Waals surface area contributed by atoms with Gasteiger partial charge in [-0.2, -0.15) is 0 Å². The second-order valence-electron chi connectivity index (χ2n) is 8.52. The SMILES string of the molecule is COC(=O)c1cc(O)c2c(c1)[C@](O)(O[C@@H]1O[C@H](COC(C)=O)[C@@H](O)[C@H](O)[C@H]1O)c1cccc(O)c1C2=O. The molecule has 0 aromatic heterocycles. The lowest BCUT2D eigenvalue weighted by atomic mass is 9.78. The van der Waals surface area contributed by atoms with Crippen molar-refractivity contribution >= 4 is 17.7 Å². The molecule has 0 unspecified atom stereocenters. The molecule has 0 spiro atoms. The molecule has 1 aliphatic heterocycles. The number of phenols is 2. The maximum atomic E-state index is 13.2. The first-order valence-electron chi connectivity index (χ1n) is 11.0. The van der Waals surface area contributed by atoms with E-state index in [-0.39, 0.29) is 11.1 Å². The number of benzene rings is 2. The van der Waals surface area contributed by atoms with E-state index in [0.29, 0.717) is 0 Å². The van der Waals surface area contributed by atoms with Crippen molar-refractivity contribution < 1.29 is 64.0 Å². The molecular formula is C24H24O13. The number of ketones is 1. The lowest BCUT2D eigenvalue weighted by Crippen LogP contribution is -2.61. The zero-order chi connectivity index (χ0) is 27.2. The maximum Gasteiger partial charge on any atom is 0.337 e. The molecule has 0 saturated carbocycles. The lowest BCUT2D eigenvalue weighted by molar-refractivity contribution is -0.356. The molecule has 6 atom stereocenters. The summed E-state index contributed by atoms with van der Waals surface area (Å²) in [5.74, 6) is -6.63. The van der Waals surface area contributed by atoms with Gasteiger partial charge in [0.2, 0.25) is 11.6 Å². The molecule has 1 fully saturated rings. The number of ether oxygens (including phenoxy) is 4. The van der Waals surface area contributed by atoms with Crippen LogP contribution in [0.4, 0.5) is 0 Å². The minimum absolute atomic E-state index is 0.273. The normalized spacial score (nSPS) is 28.7. The highest BCUT2D eigenvalue weighted by Gasteiger charge is 2.52. The summed E-state index contributed by atoms with van der Waals surface area (Å²) in [6.07, 6.45) is -8.88. The van der Waals surface area contributed by atoms with Gasteiger partial charge in [0.1, 0.15) is 42.5 Å². The molecule has 2 aromatic rings. The van der Waals surface area contributed by atoms with Crippen molar-refractivity contribution in [2.45, 2.75) is 43.4 Å². The van der Waals surface area contributed by atoms with Crippen LogP contribution in [0.1, 0.15) is 44.3 Å². The zero-order valence-electron chi connectivity index (χ0n) is 19.5. The van der Waals surface area contributed by atoms with Crippen LogP contribution in [0.2, 0.25) is 0 Å². The number of carbonyl (C=O) groups is 3. The molecule has 0 bridgehead atoms. The van der Waals surface area contributed by atoms with Crippen LogP contribution in [0.3, 0.4) is 0 Å². The number of esters is 2. The minimum Gasteiger partial charge on any atom is -0.507 e. The Bertz CT molecular complexity index is 1260. The molecule has 13 nitrogen and oxygen atoms in total. The Morgan fingerprint density at radius 3 is 2.32 bits per heavy atom. The number of methoxy groups -OCH3 is 1. The first-order valence-corrected chi connectivity index (χ1v) is 11.0. The Morgan fingerprint density at radius 2 is 1.68 bits per heavy atom. The average molecular weight is 520 g/mol. The highest BCUT2D eigenvalue weighted by Crippen LogP contribution is 2.47. The van der Waals surface area contributed by atoms with E-state index in [1.54, 1.807) is 0 Å². The number of aliphatic hydroxyl groups is 4. The van der Waals surface area contributed by atoms with Crippen molar-refractivity contribution in [2.75, 3.05) is 13.7 Å². The van der Waals surface area contributed by atoms with E-state index < -0.39 is 89.0 Å². The van der Waals surface area contributed by atoms with Gasteiger partial charge in [-0.05, 0) is 18.2 Å². The smallest absolute Gasteiger partial charge is 0.337 e. The quantitative estimate of drug-likeness (QED) is 0.207. The van der Waals surface area contributed by atoms with E-state index in [2.05, 4.69) is 4.74 Å². The van der Waals surface area contributed by atoms with Crippen molar-refractivity contribution in [3.05, 3.63) is 58.1 Å². The Hall–Kier alpha value is -3.59. The number of hydrogen-bond donors (Lipinski definition) is 6. The molecule has 0 amide bonds. The number of hydrogen-bond acceptors (Lipinski definition) is 13. The van der Waals surface area contributed by atoms with Gasteiger partial charge in [-0.3, -0.25) is 9.59 Å². The molecule has 6 N–H and O–H groups in total. The van der Waals surface area contributed by atoms with E-state index in [9.17, 15) is 45.0 Å². The van der Waals surface area contributed by atoms with Crippen LogP contribution in [-0.2, 0) is 29.5 Å². The van der Waals surface area contributed by atoms with Crippen LogP contribution in [0.5, 0.6) is 11.5 Å². The molecule has 2 aliphatic rings. The molecule has 0 radical (unpaired) electrons. The van der Waals surface area contributed by atoms with Crippen molar-refractivity contribution in [3.8, 4) is 11.5 Å². The van der Waals surface area contributed by atoms with E-state index >= 15 is 0 Å². The average Bonchev–Trinajstić information content (AvgIpc) is 2.86. The van der Waals surface area contributed by atoms with Gasteiger partial charge in [0.25, 0.3) is 0 Å². The van der Waals surface area contributed by atoms with E-state index in [4.69, 9.17) is 14.2 Å². The molecule has 2 aromatic carbocycles. The van der Waals surface area contributed by atoms with Crippen LogP contribution >= 0.6 is 0 Å². The van der Waals surface area contributed by atoms with Gasteiger partial charge in [-0.1, -0.05) is 12.1 Å². The predicted molar refractivity (Wildman–Crippen MR) is 118 cm³/mol. The van der Waals surface area contributed by atoms with E-state index in [1.807, 2.05) is 0 Å². The molecule has 1 aliphatic carbocycles. The van der Waals surface area contributed by atoms with Crippen molar-refractivity contribution in [1.82, 2.24) is 0 Å². The van der Waals surface area contributed by atoms with Gasteiger partial charge in [0, 0.05) is 18.1 Å². The van der Waals surface area contributed by atoms with Crippen molar-refractivity contribution in [2.24, 2.45) is 0 Å². The standard InChI is InChI=1S/C24H24O13/c1-9(25)35-8-15-18(28)20(30)21(31)23(36-15)37-24(33)11-4-3-5-13(26)16(11)19(29)17-12(24)6-10(7-14(17)27)22(32)34-2/h3-7,15,18,20-21,23,26-28,30-31,33H,8H2,1-2H3/t15-,18-,20+,21-,23+,24-/m1/s1. The minimum atomic E-state index is -2.77. The van der Waals surface area contributed by atoms with E-state index in [1.165, 1.54) is 12.1 Å². The van der Waals surface area contributed by atoms with Crippen LogP contribution in [0, 0.1) is 0 Å². The fourth-order valence-corrected chi connectivity index (χ4v) is 4.35. The number of aromatic hydroxyl groups is 2. The molecule has 13 heteroatoms. The Morgan fingerprint density at radius 1 is 1.00 bits per heavy atom. The number of phenolic OH excluding ortho intramolecular Hbond substituents is 2. The summed E-state index contributed by atoms with van der Waals surface area (Å²) >= 11 is 0. The Labute approximate surface area is 209 Å². The van der Waals surface area contributed by atoms with Gasteiger partial charge in [-0.15, -0.1) is 0 Å². The van der Waals surface area contributed by atoms with Crippen LogP contribution in [0.25, 0.3) is 0 Å². The molecular weight excluding hydrogens is 496 g/mol. The van der Waals surface area contributed by atoms with Crippen LogP contribution in [-0.4, -0.2) is 92.8 Å². The summed E-state index contributed by atoms with van der Waals surface area (Å²) in [7, 11) is 1.07. The summed E-state index contributed by atoms with van der Waals surface area (Å²) in [6.45, 7) is 0.556. The predicted octanol–water partition coefficient (Wildman–Crippen LogP) is -0.991. The third-order valence-corrected chi connectivity index (χ3v) is 6.17. The topological polar surface area (TPSA) is 210 Å². The summed E-state index contributed by atoms with van der Waals surface area (Å²) < 4.78 is 20.7. The third-order valence-electron chi connectivity index (χ3n) is 6.17. The van der Waals surface area contributed by atoms with Crippen molar-refractivity contribution in [3.63, 3.8) is 0 Å². The third kappa shape index (κ3) is 4.41. The summed E-state index contributed by atoms with van der Waals surface area (Å²) in [6, 6.07) is 5.60. The van der Waals surface area contributed by atoms with Gasteiger partial charge in [0.15, 0.2) is 6.29 Å². The van der Waals surface area contributed by atoms with Crippen LogP contribution < -0.4 is 0 Å². The van der Waals surface area contributed by atoms with Gasteiger partial charge in [0.05, 0.1) is 23.8 Å². The van der Waals surface area contributed by atoms with Gasteiger partial charge >= 0.3 is 11.9 Å². The first-order chi connectivity index (χ1) is 17.4. The monoisotopic (exact) mass is 520 g/mol. The number of rotatable bonds is 5. The number of aliphatic hydroxyl groups excluding tert-OH is 3. The molecule has 198 valence electrons. The van der Waals surface area contributed by atoms with Gasteiger partial charge < -0.3 is 49.6 Å². The Kier molecular flexibility index (Phi) is 6.94. The molecule has 37 heavy (non-hydrogen) atoms. The highest BCUT2D eigenvalue weighted by molar-refractivity contribution is 6.16. The maximum absolute atomic E-state index is 13.2. The van der Waals surface area contributed by atoms with Crippen molar-refractivity contribution in [1.29, 1.82) is 0 Å². The van der Waals surface area contributed by atoms with Crippen LogP contribution in [0.15, 0.2) is 30.3 Å². The van der Waals surface area contributed by atoms with Gasteiger partial charge in [-0.25, -0.2) is 4.79 Å². The lowest BCUT2D eigenvalue weighted by Gasteiger charge is -2.44. The molecule has 1 heterocycles. The first kappa shape index (κ1) is 26.5. The molecule has 4 rings (SSSR count).